The molecule has 0 atom stereocenters. The molecule has 0 radical (unpaired) electrons. The smallest absolute Gasteiger partial charge is 0.258 e. The Hall–Kier alpha value is -3.06. The SMILES string of the molecule is COc1ccc2c(=O)n(Cc3ccccc3C#N)ccc2c1. The van der Waals surface area contributed by atoms with Gasteiger partial charge in [-0.1, -0.05) is 18.2 Å². The van der Waals surface area contributed by atoms with E-state index in [1.54, 1.807) is 36.1 Å². The highest BCUT2D eigenvalue weighted by Gasteiger charge is 2.07. The van der Waals surface area contributed by atoms with Crippen molar-refractivity contribution in [2.75, 3.05) is 7.11 Å². The zero-order chi connectivity index (χ0) is 15.5. The second kappa shape index (κ2) is 5.74. The van der Waals surface area contributed by atoms with Crippen molar-refractivity contribution in [3.63, 3.8) is 0 Å². The van der Waals surface area contributed by atoms with Crippen LogP contribution in [0.2, 0.25) is 0 Å². The first kappa shape index (κ1) is 13.9. The number of benzene rings is 2. The normalized spacial score (nSPS) is 10.4. The summed E-state index contributed by atoms with van der Waals surface area (Å²) in [6.45, 7) is 0.379. The molecule has 3 aromatic rings. The van der Waals surface area contributed by atoms with Gasteiger partial charge in [0.25, 0.3) is 5.56 Å². The largest absolute Gasteiger partial charge is 0.497 e. The summed E-state index contributed by atoms with van der Waals surface area (Å²) in [4.78, 5) is 12.6. The van der Waals surface area contributed by atoms with Gasteiger partial charge in [0.2, 0.25) is 0 Å². The van der Waals surface area contributed by atoms with Crippen LogP contribution in [0.3, 0.4) is 0 Å². The number of hydrogen-bond donors (Lipinski definition) is 0. The van der Waals surface area contributed by atoms with E-state index in [1.807, 2.05) is 30.3 Å². The van der Waals surface area contributed by atoms with Crippen LogP contribution in [-0.4, -0.2) is 11.7 Å². The van der Waals surface area contributed by atoms with Gasteiger partial charge in [-0.15, -0.1) is 0 Å². The monoisotopic (exact) mass is 290 g/mol. The number of rotatable bonds is 3. The quantitative estimate of drug-likeness (QED) is 0.745. The van der Waals surface area contributed by atoms with Crippen LogP contribution in [0.1, 0.15) is 11.1 Å². The molecule has 0 spiro atoms. The number of hydrogen-bond acceptors (Lipinski definition) is 3. The predicted molar refractivity (Wildman–Crippen MR) is 85.0 cm³/mol. The molecule has 0 aliphatic heterocycles. The zero-order valence-corrected chi connectivity index (χ0v) is 12.1. The minimum Gasteiger partial charge on any atom is -0.497 e. The van der Waals surface area contributed by atoms with Gasteiger partial charge in [-0.05, 0) is 41.3 Å². The van der Waals surface area contributed by atoms with E-state index >= 15 is 0 Å². The third-order valence-electron chi connectivity index (χ3n) is 3.66. The van der Waals surface area contributed by atoms with E-state index in [-0.39, 0.29) is 5.56 Å². The minimum atomic E-state index is -0.0760. The summed E-state index contributed by atoms with van der Waals surface area (Å²) >= 11 is 0. The molecule has 4 nitrogen and oxygen atoms in total. The first-order chi connectivity index (χ1) is 10.7. The van der Waals surface area contributed by atoms with E-state index in [0.717, 1.165) is 16.7 Å². The number of methoxy groups -OCH3 is 1. The third kappa shape index (κ3) is 2.45. The Balaban J connectivity index is 2.07. The Kier molecular flexibility index (Phi) is 3.63. The van der Waals surface area contributed by atoms with Crippen molar-refractivity contribution >= 4 is 10.8 Å². The summed E-state index contributed by atoms with van der Waals surface area (Å²) in [5.74, 6) is 0.722. The molecule has 0 N–H and O–H groups in total. The van der Waals surface area contributed by atoms with Crippen molar-refractivity contribution in [1.82, 2.24) is 4.57 Å². The van der Waals surface area contributed by atoms with Crippen LogP contribution in [0.5, 0.6) is 5.75 Å². The topological polar surface area (TPSA) is 55.0 Å². The van der Waals surface area contributed by atoms with Gasteiger partial charge < -0.3 is 9.30 Å². The molecule has 0 amide bonds. The van der Waals surface area contributed by atoms with Gasteiger partial charge in [0.15, 0.2) is 0 Å². The van der Waals surface area contributed by atoms with Gasteiger partial charge in [0.1, 0.15) is 5.75 Å². The van der Waals surface area contributed by atoms with Crippen molar-refractivity contribution in [3.05, 3.63) is 76.2 Å². The van der Waals surface area contributed by atoms with Crippen LogP contribution >= 0.6 is 0 Å². The molecule has 1 aromatic heterocycles. The third-order valence-corrected chi connectivity index (χ3v) is 3.66. The maximum atomic E-state index is 12.6. The van der Waals surface area contributed by atoms with Gasteiger partial charge in [-0.2, -0.15) is 5.26 Å². The number of nitriles is 1. The lowest BCUT2D eigenvalue weighted by Gasteiger charge is -2.09. The van der Waals surface area contributed by atoms with E-state index in [1.165, 1.54) is 0 Å². The summed E-state index contributed by atoms with van der Waals surface area (Å²) in [6, 6.07) is 16.7. The molecule has 0 aliphatic carbocycles. The van der Waals surface area contributed by atoms with Gasteiger partial charge >= 0.3 is 0 Å². The average Bonchev–Trinajstić information content (AvgIpc) is 2.57. The van der Waals surface area contributed by atoms with Crippen molar-refractivity contribution in [3.8, 4) is 11.8 Å². The molecular formula is C18H14N2O2. The average molecular weight is 290 g/mol. The van der Waals surface area contributed by atoms with E-state index in [4.69, 9.17) is 10.00 Å². The molecule has 3 rings (SSSR count). The fourth-order valence-electron chi connectivity index (χ4n) is 2.47. The number of pyridine rings is 1. The number of ether oxygens (including phenoxy) is 1. The molecule has 4 heteroatoms. The van der Waals surface area contributed by atoms with Crippen LogP contribution in [0.4, 0.5) is 0 Å². The zero-order valence-electron chi connectivity index (χ0n) is 12.1. The predicted octanol–water partition coefficient (Wildman–Crippen LogP) is 2.93. The lowest BCUT2D eigenvalue weighted by molar-refractivity contribution is 0.415. The van der Waals surface area contributed by atoms with E-state index < -0.39 is 0 Å². The first-order valence-corrected chi connectivity index (χ1v) is 6.88. The number of fused-ring (bicyclic) bond motifs is 1. The molecule has 22 heavy (non-hydrogen) atoms. The molecule has 0 saturated heterocycles. The Morgan fingerprint density at radius 1 is 1.18 bits per heavy atom. The Bertz CT molecular complexity index is 936. The standard InChI is InChI=1S/C18H14N2O2/c1-22-16-6-7-17-13(10-16)8-9-20(18(17)21)12-15-5-3-2-4-14(15)11-19/h2-10H,12H2,1H3. The lowest BCUT2D eigenvalue weighted by atomic mass is 10.1. The Morgan fingerprint density at radius 3 is 2.77 bits per heavy atom. The van der Waals surface area contributed by atoms with Gasteiger partial charge in [0, 0.05) is 11.6 Å². The maximum Gasteiger partial charge on any atom is 0.258 e. The highest BCUT2D eigenvalue weighted by Crippen LogP contribution is 2.18. The molecule has 2 aromatic carbocycles. The second-order valence-electron chi connectivity index (χ2n) is 4.97. The first-order valence-electron chi connectivity index (χ1n) is 6.88. The van der Waals surface area contributed by atoms with E-state index in [0.29, 0.717) is 17.5 Å². The molecule has 0 saturated carbocycles. The molecular weight excluding hydrogens is 276 g/mol. The summed E-state index contributed by atoms with van der Waals surface area (Å²) in [7, 11) is 1.60. The number of aromatic nitrogens is 1. The van der Waals surface area contributed by atoms with Gasteiger partial charge in [0.05, 0.1) is 25.3 Å². The Labute approximate surface area is 127 Å². The molecule has 108 valence electrons. The van der Waals surface area contributed by atoms with Crippen LogP contribution in [-0.2, 0) is 6.54 Å². The highest BCUT2D eigenvalue weighted by molar-refractivity contribution is 5.82. The fraction of sp³-hybridized carbons (Fsp3) is 0.111. The van der Waals surface area contributed by atoms with Crippen molar-refractivity contribution in [1.29, 1.82) is 5.26 Å². The van der Waals surface area contributed by atoms with Crippen LogP contribution < -0.4 is 10.3 Å². The Morgan fingerprint density at radius 2 is 2.00 bits per heavy atom. The van der Waals surface area contributed by atoms with Crippen molar-refractivity contribution in [2.24, 2.45) is 0 Å². The minimum absolute atomic E-state index is 0.0760. The van der Waals surface area contributed by atoms with Gasteiger partial charge in [-0.3, -0.25) is 4.79 Å². The van der Waals surface area contributed by atoms with E-state index in [9.17, 15) is 4.79 Å². The van der Waals surface area contributed by atoms with Crippen molar-refractivity contribution in [2.45, 2.75) is 6.54 Å². The van der Waals surface area contributed by atoms with Crippen LogP contribution in [0.25, 0.3) is 10.8 Å². The summed E-state index contributed by atoms with van der Waals surface area (Å²) in [5.41, 5.74) is 1.34. The molecule has 0 unspecified atom stereocenters. The summed E-state index contributed by atoms with van der Waals surface area (Å²) in [5, 5.41) is 10.6. The fourth-order valence-corrected chi connectivity index (χ4v) is 2.47. The molecule has 0 fully saturated rings. The molecule has 1 heterocycles. The number of nitrogens with zero attached hydrogens (tertiary/aromatic N) is 2. The molecule has 0 bridgehead atoms. The summed E-state index contributed by atoms with van der Waals surface area (Å²) < 4.78 is 6.79. The maximum absolute atomic E-state index is 12.6. The van der Waals surface area contributed by atoms with Crippen molar-refractivity contribution < 1.29 is 4.74 Å². The van der Waals surface area contributed by atoms with Gasteiger partial charge in [-0.25, -0.2) is 0 Å². The lowest BCUT2D eigenvalue weighted by Crippen LogP contribution is -2.20. The molecule has 0 aliphatic rings. The summed E-state index contributed by atoms with van der Waals surface area (Å²) in [6.07, 6.45) is 1.75. The van der Waals surface area contributed by atoms with Crippen LogP contribution in [0.15, 0.2) is 59.5 Å². The van der Waals surface area contributed by atoms with Crippen LogP contribution in [0, 0.1) is 11.3 Å². The van der Waals surface area contributed by atoms with E-state index in [2.05, 4.69) is 6.07 Å². The highest BCUT2D eigenvalue weighted by atomic mass is 16.5. The second-order valence-corrected chi connectivity index (χ2v) is 4.97.